The molecule has 0 N–H and O–H groups in total. The van der Waals surface area contributed by atoms with Gasteiger partial charge in [0.2, 0.25) is 5.89 Å². The molecule has 0 radical (unpaired) electrons. The zero-order valence-corrected chi connectivity index (χ0v) is 18.0. The van der Waals surface area contributed by atoms with Gasteiger partial charge in [-0.3, -0.25) is 9.36 Å². The van der Waals surface area contributed by atoms with E-state index in [-0.39, 0.29) is 11.7 Å². The smallest absolute Gasteiger partial charge is 0.262 e. The maximum absolute atomic E-state index is 13.1. The van der Waals surface area contributed by atoms with Crippen LogP contribution in [0.2, 0.25) is 5.02 Å². The molecular weight excluding hydrogens is 412 g/mol. The Labute approximate surface area is 177 Å². The summed E-state index contributed by atoms with van der Waals surface area (Å²) in [5, 5.41) is 5.73. The molecule has 0 saturated carbocycles. The number of nitrogens with zero attached hydrogens (tertiary/aromatic N) is 4. The summed E-state index contributed by atoms with van der Waals surface area (Å²) in [6.45, 7) is 5.44. The number of hydrogen-bond acceptors (Lipinski definition) is 7. The lowest BCUT2D eigenvalue weighted by atomic mass is 10.1. The van der Waals surface area contributed by atoms with Crippen molar-refractivity contribution in [2.45, 2.75) is 56.7 Å². The molecule has 0 amide bonds. The molecule has 1 aliphatic heterocycles. The summed E-state index contributed by atoms with van der Waals surface area (Å²) in [5.74, 6) is 2.12. The Balaban J connectivity index is 1.63. The van der Waals surface area contributed by atoms with Crippen LogP contribution in [0, 0.1) is 5.92 Å². The van der Waals surface area contributed by atoms with Crippen molar-refractivity contribution < 1.29 is 9.26 Å². The van der Waals surface area contributed by atoms with E-state index in [9.17, 15) is 4.79 Å². The molecule has 1 fully saturated rings. The molecular formula is C20H23ClN4O3S. The van der Waals surface area contributed by atoms with Crippen LogP contribution in [0.1, 0.15) is 38.4 Å². The van der Waals surface area contributed by atoms with E-state index in [1.165, 1.54) is 11.8 Å². The van der Waals surface area contributed by atoms with E-state index in [4.69, 9.17) is 25.8 Å². The maximum atomic E-state index is 13.1. The molecule has 1 aliphatic rings. The van der Waals surface area contributed by atoms with E-state index in [1.54, 1.807) is 22.8 Å². The summed E-state index contributed by atoms with van der Waals surface area (Å²) in [5.41, 5.74) is 0.496. The molecule has 0 aliphatic carbocycles. The molecule has 154 valence electrons. The predicted octanol–water partition coefficient (Wildman–Crippen LogP) is 4.10. The Morgan fingerprint density at radius 3 is 2.97 bits per heavy atom. The van der Waals surface area contributed by atoms with Gasteiger partial charge in [-0.1, -0.05) is 42.4 Å². The Bertz CT molecular complexity index is 1060. The van der Waals surface area contributed by atoms with Crippen LogP contribution in [0.15, 0.2) is 32.7 Å². The highest BCUT2D eigenvalue weighted by Crippen LogP contribution is 2.25. The normalized spacial score (nSPS) is 16.9. The van der Waals surface area contributed by atoms with Gasteiger partial charge in [-0.2, -0.15) is 4.98 Å². The minimum atomic E-state index is -0.0873. The molecule has 0 bridgehead atoms. The van der Waals surface area contributed by atoms with Crippen LogP contribution in [-0.4, -0.2) is 32.4 Å². The first kappa shape index (κ1) is 20.4. The van der Waals surface area contributed by atoms with Gasteiger partial charge >= 0.3 is 0 Å². The molecule has 1 saturated heterocycles. The van der Waals surface area contributed by atoms with Gasteiger partial charge in [-0.25, -0.2) is 4.98 Å². The van der Waals surface area contributed by atoms with Gasteiger partial charge in [0.15, 0.2) is 11.0 Å². The monoisotopic (exact) mass is 434 g/mol. The number of ether oxygens (including phenoxy) is 1. The first-order valence-corrected chi connectivity index (χ1v) is 11.1. The third kappa shape index (κ3) is 4.82. The Hall–Kier alpha value is -1.90. The zero-order chi connectivity index (χ0) is 20.4. The van der Waals surface area contributed by atoms with Crippen molar-refractivity contribution in [2.24, 2.45) is 5.92 Å². The molecule has 9 heteroatoms. The van der Waals surface area contributed by atoms with E-state index < -0.39 is 0 Å². The topological polar surface area (TPSA) is 83.0 Å². The van der Waals surface area contributed by atoms with Crippen LogP contribution in [-0.2, 0) is 23.5 Å². The summed E-state index contributed by atoms with van der Waals surface area (Å²) in [6.07, 6.45) is 2.75. The average Bonchev–Trinajstić information content (AvgIpc) is 3.34. The minimum absolute atomic E-state index is 0.0275. The minimum Gasteiger partial charge on any atom is -0.376 e. The highest BCUT2D eigenvalue weighted by atomic mass is 35.5. The molecule has 2 aromatic heterocycles. The fourth-order valence-corrected chi connectivity index (χ4v) is 4.37. The number of benzene rings is 1. The SMILES string of the molecule is CC(C)Cc1noc(CSc2nc3cc(Cl)ccc3c(=O)n2CC2CCCO2)n1. The van der Waals surface area contributed by atoms with E-state index in [0.29, 0.717) is 51.0 Å². The third-order valence-corrected chi connectivity index (χ3v) is 5.91. The zero-order valence-electron chi connectivity index (χ0n) is 16.4. The lowest BCUT2D eigenvalue weighted by Crippen LogP contribution is -2.28. The first-order chi connectivity index (χ1) is 14.0. The second kappa shape index (κ2) is 8.85. The molecule has 3 aromatic rings. The van der Waals surface area contributed by atoms with E-state index in [0.717, 1.165) is 25.9 Å². The van der Waals surface area contributed by atoms with E-state index in [2.05, 4.69) is 24.0 Å². The average molecular weight is 435 g/mol. The van der Waals surface area contributed by atoms with Crippen molar-refractivity contribution in [3.63, 3.8) is 0 Å². The van der Waals surface area contributed by atoms with Crippen LogP contribution in [0.3, 0.4) is 0 Å². The molecule has 1 atom stereocenters. The molecule has 1 unspecified atom stereocenters. The number of thioether (sulfide) groups is 1. The van der Waals surface area contributed by atoms with Gasteiger partial charge in [0.05, 0.1) is 29.3 Å². The van der Waals surface area contributed by atoms with Crippen molar-refractivity contribution in [1.82, 2.24) is 19.7 Å². The van der Waals surface area contributed by atoms with Crippen molar-refractivity contribution >= 4 is 34.3 Å². The molecule has 7 nitrogen and oxygen atoms in total. The number of rotatable bonds is 7. The summed E-state index contributed by atoms with van der Waals surface area (Å²) in [7, 11) is 0. The van der Waals surface area contributed by atoms with Crippen LogP contribution in [0.5, 0.6) is 0 Å². The van der Waals surface area contributed by atoms with E-state index >= 15 is 0 Å². The van der Waals surface area contributed by atoms with Crippen LogP contribution >= 0.6 is 23.4 Å². The molecule has 0 spiro atoms. The fourth-order valence-electron chi connectivity index (χ4n) is 3.36. The van der Waals surface area contributed by atoms with Gasteiger partial charge in [0.25, 0.3) is 5.56 Å². The van der Waals surface area contributed by atoms with Crippen molar-refractivity contribution in [3.8, 4) is 0 Å². The van der Waals surface area contributed by atoms with Crippen LogP contribution < -0.4 is 5.56 Å². The van der Waals surface area contributed by atoms with Crippen molar-refractivity contribution in [2.75, 3.05) is 6.61 Å². The van der Waals surface area contributed by atoms with Crippen molar-refractivity contribution in [1.29, 1.82) is 0 Å². The Kier molecular flexibility index (Phi) is 6.22. The van der Waals surface area contributed by atoms with Gasteiger partial charge in [0.1, 0.15) is 0 Å². The number of hydrogen-bond donors (Lipinski definition) is 0. The van der Waals surface area contributed by atoms with Gasteiger partial charge < -0.3 is 9.26 Å². The van der Waals surface area contributed by atoms with Crippen LogP contribution in [0.25, 0.3) is 10.9 Å². The molecule has 4 rings (SSSR count). The second-order valence-corrected chi connectivity index (χ2v) is 8.98. The number of fused-ring (bicyclic) bond motifs is 1. The fraction of sp³-hybridized carbons (Fsp3) is 0.500. The lowest BCUT2D eigenvalue weighted by Gasteiger charge is -2.16. The Morgan fingerprint density at radius 1 is 1.34 bits per heavy atom. The molecule has 29 heavy (non-hydrogen) atoms. The third-order valence-electron chi connectivity index (χ3n) is 4.72. The standard InChI is InChI=1S/C20H23ClN4O3S/c1-12(2)8-17-23-18(28-24-17)11-29-20-22-16-9-13(21)5-6-15(16)19(26)25(20)10-14-4-3-7-27-14/h5-6,9,12,14H,3-4,7-8,10-11H2,1-2H3. The molecule has 1 aromatic carbocycles. The summed E-state index contributed by atoms with van der Waals surface area (Å²) in [6, 6.07) is 5.15. The largest absolute Gasteiger partial charge is 0.376 e. The van der Waals surface area contributed by atoms with Gasteiger partial charge in [0, 0.05) is 18.1 Å². The van der Waals surface area contributed by atoms with Gasteiger partial charge in [-0.15, -0.1) is 0 Å². The van der Waals surface area contributed by atoms with Crippen LogP contribution in [0.4, 0.5) is 0 Å². The Morgan fingerprint density at radius 2 is 2.21 bits per heavy atom. The summed E-state index contributed by atoms with van der Waals surface area (Å²) >= 11 is 7.52. The predicted molar refractivity (Wildman–Crippen MR) is 112 cm³/mol. The van der Waals surface area contributed by atoms with Gasteiger partial charge in [-0.05, 0) is 37.0 Å². The number of halogens is 1. The van der Waals surface area contributed by atoms with E-state index in [1.807, 2.05) is 0 Å². The highest BCUT2D eigenvalue weighted by molar-refractivity contribution is 7.98. The van der Waals surface area contributed by atoms with Crippen molar-refractivity contribution in [3.05, 3.63) is 45.3 Å². The number of aromatic nitrogens is 4. The maximum Gasteiger partial charge on any atom is 0.262 e. The summed E-state index contributed by atoms with van der Waals surface area (Å²) < 4.78 is 12.8. The highest BCUT2D eigenvalue weighted by Gasteiger charge is 2.21. The second-order valence-electron chi connectivity index (χ2n) is 7.60. The summed E-state index contributed by atoms with van der Waals surface area (Å²) in [4.78, 5) is 22.3. The lowest BCUT2D eigenvalue weighted by molar-refractivity contribution is 0.0937. The first-order valence-electron chi connectivity index (χ1n) is 9.75. The quantitative estimate of drug-likeness (QED) is 0.408. The molecule has 3 heterocycles.